The summed E-state index contributed by atoms with van der Waals surface area (Å²) in [6.07, 6.45) is -0.449. The summed E-state index contributed by atoms with van der Waals surface area (Å²) in [5.41, 5.74) is 6.24. The molecule has 1 atom stereocenters. The zero-order chi connectivity index (χ0) is 7.72. The average Bonchev–Trinajstić information content (AvgIpc) is 2.10. The normalized spacial score (nSPS) is 13.5. The van der Waals surface area contributed by atoms with E-state index in [0.29, 0.717) is 5.13 Å². The number of aliphatic hydroxyl groups is 1. The summed E-state index contributed by atoms with van der Waals surface area (Å²) in [5.74, 6) is 0. The first-order valence-electron chi connectivity index (χ1n) is 3.02. The first-order chi connectivity index (χ1) is 4.61. The summed E-state index contributed by atoms with van der Waals surface area (Å²) in [6.45, 7) is 3.55. The predicted molar refractivity (Wildman–Crippen MR) is 41.9 cm³/mol. The van der Waals surface area contributed by atoms with Gasteiger partial charge in [0.05, 0.1) is 16.7 Å². The maximum Gasteiger partial charge on any atom is 0.180 e. The molecule has 0 aliphatic carbocycles. The number of hydrogen-bond acceptors (Lipinski definition) is 4. The highest BCUT2D eigenvalue weighted by molar-refractivity contribution is 7.15. The number of hydrogen-bond donors (Lipinski definition) is 2. The van der Waals surface area contributed by atoms with Gasteiger partial charge >= 0.3 is 0 Å². The van der Waals surface area contributed by atoms with Crippen LogP contribution in [0.2, 0.25) is 0 Å². The van der Waals surface area contributed by atoms with Gasteiger partial charge in [0.2, 0.25) is 0 Å². The highest BCUT2D eigenvalue weighted by Crippen LogP contribution is 2.25. The van der Waals surface area contributed by atoms with Crippen molar-refractivity contribution in [3.63, 3.8) is 0 Å². The fourth-order valence-electron chi connectivity index (χ4n) is 0.817. The molecule has 0 aliphatic rings. The number of anilines is 1. The van der Waals surface area contributed by atoms with Gasteiger partial charge in [-0.1, -0.05) is 11.3 Å². The molecule has 1 aromatic rings. The number of nitrogens with two attached hydrogens (primary N) is 1. The zero-order valence-corrected chi connectivity index (χ0v) is 6.77. The maximum absolute atomic E-state index is 9.13. The average molecular weight is 158 g/mol. The van der Waals surface area contributed by atoms with Crippen molar-refractivity contribution in [2.45, 2.75) is 20.0 Å². The molecule has 0 fully saturated rings. The predicted octanol–water partition coefficient (Wildman–Crippen LogP) is 1.09. The van der Waals surface area contributed by atoms with Crippen LogP contribution in [0.1, 0.15) is 23.6 Å². The Morgan fingerprint density at radius 2 is 2.30 bits per heavy atom. The molecule has 0 spiro atoms. The first-order valence-corrected chi connectivity index (χ1v) is 3.83. The highest BCUT2D eigenvalue weighted by Gasteiger charge is 2.09. The molecule has 0 saturated heterocycles. The van der Waals surface area contributed by atoms with Crippen LogP contribution in [0.25, 0.3) is 0 Å². The van der Waals surface area contributed by atoms with E-state index in [1.807, 2.05) is 6.92 Å². The topological polar surface area (TPSA) is 59.1 Å². The monoisotopic (exact) mass is 158 g/mol. The van der Waals surface area contributed by atoms with Crippen LogP contribution in [-0.2, 0) is 0 Å². The van der Waals surface area contributed by atoms with Gasteiger partial charge in [-0.2, -0.15) is 0 Å². The summed E-state index contributed by atoms with van der Waals surface area (Å²) >= 11 is 1.34. The number of aryl methyl sites for hydroxylation is 1. The lowest BCUT2D eigenvalue weighted by atomic mass is 10.3. The summed E-state index contributed by atoms with van der Waals surface area (Å²) < 4.78 is 0. The minimum Gasteiger partial charge on any atom is -0.388 e. The van der Waals surface area contributed by atoms with E-state index in [-0.39, 0.29) is 0 Å². The molecule has 0 amide bonds. The summed E-state index contributed by atoms with van der Waals surface area (Å²) in [4.78, 5) is 4.83. The van der Waals surface area contributed by atoms with E-state index in [2.05, 4.69) is 4.98 Å². The van der Waals surface area contributed by atoms with Crippen LogP contribution >= 0.6 is 11.3 Å². The van der Waals surface area contributed by atoms with Gasteiger partial charge in [-0.3, -0.25) is 0 Å². The SMILES string of the molecule is Cc1nc(N)sc1C(C)O. The molecule has 3 N–H and O–H groups in total. The maximum atomic E-state index is 9.13. The molecule has 0 aliphatic heterocycles. The van der Waals surface area contributed by atoms with Gasteiger partial charge in [-0.15, -0.1) is 0 Å². The molecule has 1 aromatic heterocycles. The minimum atomic E-state index is -0.449. The van der Waals surface area contributed by atoms with Gasteiger partial charge in [0.1, 0.15) is 0 Å². The van der Waals surface area contributed by atoms with Crippen LogP contribution in [0.4, 0.5) is 5.13 Å². The Morgan fingerprint density at radius 1 is 1.70 bits per heavy atom. The first kappa shape index (κ1) is 7.50. The smallest absolute Gasteiger partial charge is 0.180 e. The lowest BCUT2D eigenvalue weighted by Gasteiger charge is -1.98. The fraction of sp³-hybridized carbons (Fsp3) is 0.500. The molecule has 56 valence electrons. The van der Waals surface area contributed by atoms with Crippen molar-refractivity contribution in [3.05, 3.63) is 10.6 Å². The molecule has 0 saturated carbocycles. The van der Waals surface area contributed by atoms with Crippen LogP contribution in [0.15, 0.2) is 0 Å². The van der Waals surface area contributed by atoms with Crippen molar-refractivity contribution < 1.29 is 5.11 Å². The third-order valence-electron chi connectivity index (χ3n) is 1.23. The van der Waals surface area contributed by atoms with E-state index in [9.17, 15) is 0 Å². The lowest BCUT2D eigenvalue weighted by Crippen LogP contribution is -1.88. The van der Waals surface area contributed by atoms with E-state index in [0.717, 1.165) is 10.6 Å². The molecule has 0 aromatic carbocycles. The van der Waals surface area contributed by atoms with Crippen LogP contribution in [0.5, 0.6) is 0 Å². The van der Waals surface area contributed by atoms with Crippen molar-refractivity contribution in [3.8, 4) is 0 Å². The van der Waals surface area contributed by atoms with Crippen molar-refractivity contribution in [2.24, 2.45) is 0 Å². The van der Waals surface area contributed by atoms with Crippen LogP contribution in [0.3, 0.4) is 0 Å². The van der Waals surface area contributed by atoms with Crippen molar-refractivity contribution in [1.82, 2.24) is 4.98 Å². The number of rotatable bonds is 1. The van der Waals surface area contributed by atoms with E-state index in [1.54, 1.807) is 6.92 Å². The quantitative estimate of drug-likeness (QED) is 0.643. The molecule has 1 heterocycles. The Labute approximate surface area is 63.5 Å². The Hall–Kier alpha value is -0.610. The Bertz CT molecular complexity index is 232. The largest absolute Gasteiger partial charge is 0.388 e. The molecule has 1 unspecified atom stereocenters. The van der Waals surface area contributed by atoms with E-state index < -0.39 is 6.10 Å². The van der Waals surface area contributed by atoms with E-state index >= 15 is 0 Å². The second-order valence-electron chi connectivity index (χ2n) is 2.18. The van der Waals surface area contributed by atoms with Crippen molar-refractivity contribution in [2.75, 3.05) is 5.73 Å². The molecule has 0 bridgehead atoms. The van der Waals surface area contributed by atoms with Gasteiger partial charge in [0.15, 0.2) is 5.13 Å². The molecule has 1 rings (SSSR count). The minimum absolute atomic E-state index is 0.449. The van der Waals surface area contributed by atoms with Crippen LogP contribution in [-0.4, -0.2) is 10.1 Å². The van der Waals surface area contributed by atoms with Gasteiger partial charge in [0, 0.05) is 0 Å². The number of nitrogens with zero attached hydrogens (tertiary/aromatic N) is 1. The second kappa shape index (κ2) is 2.56. The standard InChI is InChI=1S/C6H10N2OS/c1-3-5(4(2)9)10-6(7)8-3/h4,9H,1-2H3,(H2,7,8). The number of nitrogen functional groups attached to an aromatic ring is 1. The number of thiazole rings is 1. The molecule has 3 nitrogen and oxygen atoms in total. The third kappa shape index (κ3) is 1.27. The summed E-state index contributed by atoms with van der Waals surface area (Å²) in [6, 6.07) is 0. The van der Waals surface area contributed by atoms with Gasteiger partial charge in [-0.25, -0.2) is 4.98 Å². The molecular weight excluding hydrogens is 148 g/mol. The van der Waals surface area contributed by atoms with Crippen LogP contribution in [0, 0.1) is 6.92 Å². The zero-order valence-electron chi connectivity index (χ0n) is 5.96. The van der Waals surface area contributed by atoms with Crippen molar-refractivity contribution >= 4 is 16.5 Å². The Balaban J connectivity index is 3.03. The van der Waals surface area contributed by atoms with Gasteiger partial charge in [0.25, 0.3) is 0 Å². The van der Waals surface area contributed by atoms with Gasteiger partial charge in [-0.05, 0) is 13.8 Å². The van der Waals surface area contributed by atoms with E-state index in [1.165, 1.54) is 11.3 Å². The second-order valence-corrected chi connectivity index (χ2v) is 3.24. The van der Waals surface area contributed by atoms with Crippen LogP contribution < -0.4 is 5.73 Å². The Kier molecular flexibility index (Phi) is 1.92. The van der Waals surface area contributed by atoms with E-state index in [4.69, 9.17) is 10.8 Å². The third-order valence-corrected chi connectivity index (χ3v) is 2.39. The highest BCUT2D eigenvalue weighted by atomic mass is 32.1. The lowest BCUT2D eigenvalue weighted by molar-refractivity contribution is 0.202. The molecular formula is C6H10N2OS. The fourth-order valence-corrected chi connectivity index (χ4v) is 1.59. The molecule has 0 radical (unpaired) electrons. The van der Waals surface area contributed by atoms with Gasteiger partial charge < -0.3 is 10.8 Å². The number of aromatic nitrogens is 1. The molecule has 4 heteroatoms. The van der Waals surface area contributed by atoms with Crippen molar-refractivity contribution in [1.29, 1.82) is 0 Å². The number of aliphatic hydroxyl groups excluding tert-OH is 1. The molecule has 10 heavy (non-hydrogen) atoms. The summed E-state index contributed by atoms with van der Waals surface area (Å²) in [7, 11) is 0. The summed E-state index contributed by atoms with van der Waals surface area (Å²) in [5, 5.41) is 9.65. The Morgan fingerprint density at radius 3 is 2.50 bits per heavy atom.